The van der Waals surface area contributed by atoms with Crippen LogP contribution in [0.3, 0.4) is 0 Å². The number of carbonyl (C=O) groups is 2. The third kappa shape index (κ3) is 4.85. The molecule has 1 heterocycles. The number of amides is 2. The van der Waals surface area contributed by atoms with Gasteiger partial charge >= 0.3 is 0 Å². The molecule has 6 heteroatoms. The highest BCUT2D eigenvalue weighted by molar-refractivity contribution is 7.99. The van der Waals surface area contributed by atoms with Crippen molar-refractivity contribution in [1.29, 1.82) is 0 Å². The Morgan fingerprint density at radius 1 is 1.22 bits per heavy atom. The molecule has 2 atom stereocenters. The maximum absolute atomic E-state index is 12.9. The zero-order valence-corrected chi connectivity index (χ0v) is 17.4. The molecule has 0 radical (unpaired) electrons. The maximum atomic E-state index is 12.9. The van der Waals surface area contributed by atoms with Crippen molar-refractivity contribution in [2.75, 3.05) is 32.3 Å². The molecule has 27 heavy (non-hydrogen) atoms. The molecule has 1 saturated heterocycles. The Morgan fingerprint density at radius 2 is 1.89 bits per heavy atom. The molecular formula is C21H31N3O2S. The first kappa shape index (κ1) is 20.2. The monoisotopic (exact) mass is 389 g/mol. The summed E-state index contributed by atoms with van der Waals surface area (Å²) in [6.45, 7) is 2.62. The van der Waals surface area contributed by atoms with Gasteiger partial charge in [0.05, 0.1) is 11.9 Å². The highest BCUT2D eigenvalue weighted by Gasteiger charge is 2.38. The summed E-state index contributed by atoms with van der Waals surface area (Å²) >= 11 is 1.68. The van der Waals surface area contributed by atoms with E-state index >= 15 is 0 Å². The van der Waals surface area contributed by atoms with Gasteiger partial charge in [0, 0.05) is 18.2 Å². The molecular weight excluding hydrogens is 358 g/mol. The van der Waals surface area contributed by atoms with Crippen molar-refractivity contribution >= 4 is 23.6 Å². The third-order valence-electron chi connectivity index (χ3n) is 5.73. The molecule has 0 aromatic heterocycles. The highest BCUT2D eigenvalue weighted by atomic mass is 32.2. The summed E-state index contributed by atoms with van der Waals surface area (Å²) in [5, 5.41) is 3.11. The van der Waals surface area contributed by atoms with Gasteiger partial charge in [-0.25, -0.2) is 0 Å². The largest absolute Gasteiger partial charge is 0.352 e. The first-order chi connectivity index (χ1) is 13.0. The average molecular weight is 390 g/mol. The van der Waals surface area contributed by atoms with Gasteiger partial charge in [-0.3, -0.25) is 9.59 Å². The second-order valence-corrected chi connectivity index (χ2v) is 8.94. The van der Waals surface area contributed by atoms with E-state index in [0.29, 0.717) is 18.2 Å². The van der Waals surface area contributed by atoms with Crippen molar-refractivity contribution in [3.8, 4) is 0 Å². The molecule has 0 spiro atoms. The van der Waals surface area contributed by atoms with E-state index in [9.17, 15) is 9.59 Å². The van der Waals surface area contributed by atoms with Crippen LogP contribution in [0.5, 0.6) is 0 Å². The Labute approximate surface area is 166 Å². The summed E-state index contributed by atoms with van der Waals surface area (Å²) in [6.07, 6.45) is 4.22. The van der Waals surface area contributed by atoms with Gasteiger partial charge in [-0.1, -0.05) is 42.7 Å². The molecule has 5 nitrogen and oxygen atoms in total. The fourth-order valence-electron chi connectivity index (χ4n) is 3.99. The molecule has 0 bridgehead atoms. The SMILES string of the molecule is Cc1ccc(C(CNC(=O)C2CSCN2C(=O)C2CCCC2)N(C)C)cc1. The van der Waals surface area contributed by atoms with Crippen LogP contribution in [0.2, 0.25) is 0 Å². The van der Waals surface area contributed by atoms with Crippen LogP contribution in [0.4, 0.5) is 0 Å². The van der Waals surface area contributed by atoms with Gasteiger partial charge in [0.15, 0.2) is 0 Å². The second-order valence-electron chi connectivity index (χ2n) is 7.94. The average Bonchev–Trinajstić information content (AvgIpc) is 3.34. The van der Waals surface area contributed by atoms with Crippen molar-refractivity contribution in [1.82, 2.24) is 15.1 Å². The van der Waals surface area contributed by atoms with Crippen LogP contribution in [0.15, 0.2) is 24.3 Å². The van der Waals surface area contributed by atoms with E-state index in [1.54, 1.807) is 11.8 Å². The van der Waals surface area contributed by atoms with E-state index < -0.39 is 0 Å². The third-order valence-corrected chi connectivity index (χ3v) is 6.74. The zero-order chi connectivity index (χ0) is 19.4. The van der Waals surface area contributed by atoms with Gasteiger partial charge < -0.3 is 15.1 Å². The van der Waals surface area contributed by atoms with Crippen LogP contribution in [0, 0.1) is 12.8 Å². The van der Waals surface area contributed by atoms with E-state index in [0.717, 1.165) is 25.7 Å². The molecule has 148 valence electrons. The second kappa shape index (κ2) is 9.11. The molecule has 1 N–H and O–H groups in total. The Hall–Kier alpha value is -1.53. The first-order valence-corrected chi connectivity index (χ1v) is 11.0. The molecule has 1 aliphatic carbocycles. The Morgan fingerprint density at radius 3 is 2.52 bits per heavy atom. The lowest BCUT2D eigenvalue weighted by Gasteiger charge is -2.28. The fraction of sp³-hybridized carbons (Fsp3) is 0.619. The van der Waals surface area contributed by atoms with Crippen LogP contribution in [0.25, 0.3) is 0 Å². The van der Waals surface area contributed by atoms with Gasteiger partial charge in [-0.2, -0.15) is 0 Å². The summed E-state index contributed by atoms with van der Waals surface area (Å²) in [5.41, 5.74) is 2.41. The predicted octanol–water partition coefficient (Wildman–Crippen LogP) is 2.81. The topological polar surface area (TPSA) is 52.7 Å². The minimum absolute atomic E-state index is 0.0229. The molecule has 1 aromatic carbocycles. The molecule has 2 amide bonds. The predicted molar refractivity (Wildman–Crippen MR) is 111 cm³/mol. The molecule has 2 unspecified atom stereocenters. The summed E-state index contributed by atoms with van der Waals surface area (Å²) in [4.78, 5) is 29.6. The Bertz CT molecular complexity index is 656. The van der Waals surface area contributed by atoms with E-state index in [-0.39, 0.29) is 29.8 Å². The number of carbonyl (C=O) groups excluding carboxylic acids is 2. The minimum Gasteiger partial charge on any atom is -0.352 e. The lowest BCUT2D eigenvalue weighted by Crippen LogP contribution is -2.50. The van der Waals surface area contributed by atoms with Crippen LogP contribution in [-0.4, -0.2) is 59.9 Å². The molecule has 1 aromatic rings. The Balaban J connectivity index is 1.61. The minimum atomic E-state index is -0.330. The number of nitrogens with one attached hydrogen (secondary N) is 1. The number of rotatable bonds is 6. The van der Waals surface area contributed by atoms with Gasteiger partial charge in [0.2, 0.25) is 11.8 Å². The smallest absolute Gasteiger partial charge is 0.243 e. The number of nitrogens with zero attached hydrogens (tertiary/aromatic N) is 2. The van der Waals surface area contributed by atoms with E-state index in [4.69, 9.17) is 0 Å². The van der Waals surface area contributed by atoms with Crippen LogP contribution in [-0.2, 0) is 9.59 Å². The van der Waals surface area contributed by atoms with Crippen molar-refractivity contribution < 1.29 is 9.59 Å². The van der Waals surface area contributed by atoms with Crippen LogP contribution in [0.1, 0.15) is 42.9 Å². The molecule has 1 saturated carbocycles. The van der Waals surface area contributed by atoms with Gasteiger partial charge in [0.1, 0.15) is 6.04 Å². The summed E-state index contributed by atoms with van der Waals surface area (Å²) < 4.78 is 0. The quantitative estimate of drug-likeness (QED) is 0.813. The number of likely N-dealkylation sites (N-methyl/N-ethyl adjacent to an activating group) is 1. The first-order valence-electron chi connectivity index (χ1n) is 9.86. The summed E-state index contributed by atoms with van der Waals surface area (Å²) in [5.74, 6) is 1.62. The summed E-state index contributed by atoms with van der Waals surface area (Å²) in [6, 6.07) is 8.22. The molecule has 2 aliphatic rings. The van der Waals surface area contributed by atoms with E-state index in [1.807, 2.05) is 19.0 Å². The van der Waals surface area contributed by atoms with E-state index in [1.165, 1.54) is 11.1 Å². The highest BCUT2D eigenvalue weighted by Crippen LogP contribution is 2.31. The number of hydrogen-bond acceptors (Lipinski definition) is 4. The number of aryl methyl sites for hydroxylation is 1. The standard InChI is InChI=1S/C21H31N3O2S/c1-15-8-10-16(11-9-15)18(23(2)3)12-22-20(25)19-13-27-14-24(19)21(26)17-6-4-5-7-17/h8-11,17-19H,4-7,12-14H2,1-3H3,(H,22,25). The lowest BCUT2D eigenvalue weighted by molar-refractivity contribution is -0.141. The number of hydrogen-bond donors (Lipinski definition) is 1. The summed E-state index contributed by atoms with van der Waals surface area (Å²) in [7, 11) is 4.05. The zero-order valence-electron chi connectivity index (χ0n) is 16.6. The molecule has 2 fully saturated rings. The number of thioether (sulfide) groups is 1. The van der Waals surface area contributed by atoms with E-state index in [2.05, 4.69) is 41.4 Å². The molecule has 1 aliphatic heterocycles. The van der Waals surface area contributed by atoms with Crippen molar-refractivity contribution in [2.45, 2.75) is 44.7 Å². The van der Waals surface area contributed by atoms with Crippen LogP contribution < -0.4 is 5.32 Å². The van der Waals surface area contributed by atoms with Gasteiger partial charge in [0.25, 0.3) is 0 Å². The van der Waals surface area contributed by atoms with Crippen molar-refractivity contribution in [3.63, 3.8) is 0 Å². The van der Waals surface area contributed by atoms with Gasteiger partial charge in [-0.15, -0.1) is 11.8 Å². The van der Waals surface area contributed by atoms with Crippen molar-refractivity contribution in [2.24, 2.45) is 5.92 Å². The van der Waals surface area contributed by atoms with Gasteiger partial charge in [-0.05, 0) is 39.4 Å². The molecule has 3 rings (SSSR count). The number of benzene rings is 1. The van der Waals surface area contributed by atoms with Crippen molar-refractivity contribution in [3.05, 3.63) is 35.4 Å². The fourth-order valence-corrected chi connectivity index (χ4v) is 5.15. The normalized spacial score (nSPS) is 21.6. The van der Waals surface area contributed by atoms with Crippen LogP contribution >= 0.6 is 11.8 Å². The lowest BCUT2D eigenvalue weighted by atomic mass is 10.0. The maximum Gasteiger partial charge on any atom is 0.243 e. The Kier molecular flexibility index (Phi) is 6.82.